The normalized spacial score (nSPS) is 13.4. The van der Waals surface area contributed by atoms with Crippen molar-refractivity contribution < 1.29 is 4.39 Å². The van der Waals surface area contributed by atoms with Gasteiger partial charge in [-0.1, -0.05) is 44.5 Å². The Labute approximate surface area is 135 Å². The van der Waals surface area contributed by atoms with Crippen LogP contribution in [0.15, 0.2) is 35.7 Å². The Kier molecular flexibility index (Phi) is 5.42. The van der Waals surface area contributed by atoms with Gasteiger partial charge in [0.15, 0.2) is 0 Å². The second-order valence-corrected chi connectivity index (χ2v) is 7.10. The maximum Gasteiger partial charge on any atom is 0.123 e. The van der Waals surface area contributed by atoms with E-state index in [9.17, 15) is 4.39 Å². The van der Waals surface area contributed by atoms with E-state index in [1.54, 1.807) is 11.3 Å². The minimum atomic E-state index is -0.207. The van der Waals surface area contributed by atoms with Crippen LogP contribution in [0, 0.1) is 5.82 Å². The summed E-state index contributed by atoms with van der Waals surface area (Å²) in [4.78, 5) is 1.14. The summed E-state index contributed by atoms with van der Waals surface area (Å²) in [5.74, 6) is -0.207. The van der Waals surface area contributed by atoms with Gasteiger partial charge in [0, 0.05) is 10.3 Å². The number of hydrogen-bond acceptors (Lipinski definition) is 2. The van der Waals surface area contributed by atoms with E-state index in [2.05, 4.69) is 26.1 Å². The van der Waals surface area contributed by atoms with Gasteiger partial charge in [0.25, 0.3) is 0 Å². The van der Waals surface area contributed by atoms with E-state index in [0.29, 0.717) is 0 Å². The summed E-state index contributed by atoms with van der Waals surface area (Å²) in [5.41, 5.74) is 0.916. The average molecular weight is 326 g/mol. The summed E-state index contributed by atoms with van der Waals surface area (Å²) < 4.78 is 13.2. The van der Waals surface area contributed by atoms with Crippen LogP contribution in [-0.2, 0) is 5.41 Å². The van der Waals surface area contributed by atoms with Gasteiger partial charge in [-0.15, -0.1) is 11.3 Å². The predicted molar refractivity (Wildman–Crippen MR) is 89.8 cm³/mol. The molecule has 4 heteroatoms. The van der Waals surface area contributed by atoms with Gasteiger partial charge in [0.2, 0.25) is 0 Å². The maximum absolute atomic E-state index is 13.2. The molecule has 0 saturated carbocycles. The van der Waals surface area contributed by atoms with Crippen LogP contribution >= 0.6 is 22.9 Å². The molecule has 1 aromatic carbocycles. The highest BCUT2D eigenvalue weighted by Crippen LogP contribution is 2.41. The molecule has 0 aliphatic heterocycles. The van der Waals surface area contributed by atoms with E-state index >= 15 is 0 Å². The van der Waals surface area contributed by atoms with Crippen LogP contribution in [0.3, 0.4) is 0 Å². The van der Waals surface area contributed by atoms with E-state index in [1.807, 2.05) is 23.6 Å². The monoisotopic (exact) mass is 325 g/mol. The topological polar surface area (TPSA) is 12.0 Å². The second kappa shape index (κ2) is 6.91. The molecule has 0 spiro atoms. The number of thiophene rings is 1. The molecule has 114 valence electrons. The van der Waals surface area contributed by atoms with Crippen molar-refractivity contribution in [2.24, 2.45) is 0 Å². The quantitative estimate of drug-likeness (QED) is 0.733. The molecule has 1 N–H and O–H groups in total. The van der Waals surface area contributed by atoms with E-state index in [4.69, 9.17) is 11.6 Å². The first kappa shape index (κ1) is 16.5. The highest BCUT2D eigenvalue weighted by molar-refractivity contribution is 7.10. The molecule has 2 aromatic rings. The number of hydrogen-bond donors (Lipinski definition) is 1. The minimum absolute atomic E-state index is 0.107. The molecule has 1 heterocycles. The molecular formula is C17H21ClFNS. The predicted octanol–water partition coefficient (Wildman–Crippen LogP) is 5.56. The number of halogens is 2. The summed E-state index contributed by atoms with van der Waals surface area (Å²) in [6.45, 7) is 7.40. The largest absolute Gasteiger partial charge is 0.308 e. The molecule has 1 nitrogen and oxygen atoms in total. The first-order chi connectivity index (χ1) is 9.96. The summed E-state index contributed by atoms with van der Waals surface area (Å²) in [7, 11) is 0. The molecule has 1 unspecified atom stereocenters. The summed E-state index contributed by atoms with van der Waals surface area (Å²) in [6, 6.07) is 8.79. The molecule has 0 aliphatic rings. The fraction of sp³-hybridized carbons (Fsp3) is 0.412. The Morgan fingerprint density at radius 2 is 1.90 bits per heavy atom. The smallest absolute Gasteiger partial charge is 0.123 e. The van der Waals surface area contributed by atoms with Crippen molar-refractivity contribution in [3.05, 3.63) is 57.0 Å². The molecule has 1 aromatic heterocycles. The average Bonchev–Trinajstić information content (AvgIpc) is 2.86. The third-order valence-electron chi connectivity index (χ3n) is 3.82. The third kappa shape index (κ3) is 3.65. The van der Waals surface area contributed by atoms with Crippen molar-refractivity contribution in [3.8, 4) is 0 Å². The van der Waals surface area contributed by atoms with Gasteiger partial charge in [-0.3, -0.25) is 0 Å². The number of benzene rings is 1. The summed E-state index contributed by atoms with van der Waals surface area (Å²) in [6.07, 6.45) is 1.05. The fourth-order valence-electron chi connectivity index (χ4n) is 2.52. The Bertz CT molecular complexity index is 577. The lowest BCUT2D eigenvalue weighted by Gasteiger charge is -2.35. The van der Waals surface area contributed by atoms with Crippen molar-refractivity contribution in [2.75, 3.05) is 6.54 Å². The Morgan fingerprint density at radius 1 is 1.24 bits per heavy atom. The first-order valence-electron chi connectivity index (χ1n) is 7.19. The van der Waals surface area contributed by atoms with Crippen molar-refractivity contribution in [2.45, 2.75) is 38.6 Å². The standard InChI is InChI=1S/C17H21ClFNS/c1-4-10-20-16(15-14(18)9-11-21-15)17(2,3)12-5-7-13(19)8-6-12/h5-9,11,16,20H,4,10H2,1-3H3. The Hall–Kier alpha value is -0.900. The SMILES string of the molecule is CCCNC(c1sccc1Cl)C(C)(C)c1ccc(F)cc1. The lowest BCUT2D eigenvalue weighted by Crippen LogP contribution is -2.37. The van der Waals surface area contributed by atoms with Crippen molar-refractivity contribution in [3.63, 3.8) is 0 Å². The fourth-order valence-corrected chi connectivity index (χ4v) is 3.95. The Morgan fingerprint density at radius 3 is 2.43 bits per heavy atom. The molecule has 1 atom stereocenters. The lowest BCUT2D eigenvalue weighted by atomic mass is 9.77. The highest BCUT2D eigenvalue weighted by atomic mass is 35.5. The van der Waals surface area contributed by atoms with Gasteiger partial charge >= 0.3 is 0 Å². The Balaban J connectivity index is 2.39. The molecule has 0 bridgehead atoms. The van der Waals surface area contributed by atoms with Crippen LogP contribution in [0.1, 0.15) is 43.7 Å². The van der Waals surface area contributed by atoms with Gasteiger partial charge in [0.1, 0.15) is 5.82 Å². The zero-order valence-corrected chi connectivity index (χ0v) is 14.2. The molecule has 0 fully saturated rings. The number of nitrogens with one attached hydrogen (secondary N) is 1. The number of rotatable bonds is 6. The first-order valence-corrected chi connectivity index (χ1v) is 8.45. The van der Waals surface area contributed by atoms with Crippen LogP contribution in [-0.4, -0.2) is 6.54 Å². The van der Waals surface area contributed by atoms with Gasteiger partial charge in [0.05, 0.1) is 11.1 Å². The zero-order valence-electron chi connectivity index (χ0n) is 12.6. The van der Waals surface area contributed by atoms with E-state index in [-0.39, 0.29) is 17.3 Å². The van der Waals surface area contributed by atoms with Gasteiger partial charge in [-0.25, -0.2) is 4.39 Å². The van der Waals surface area contributed by atoms with Crippen LogP contribution in [0.2, 0.25) is 5.02 Å². The molecule has 0 amide bonds. The molecule has 0 radical (unpaired) electrons. The van der Waals surface area contributed by atoms with Gasteiger partial charge in [-0.05, 0) is 42.1 Å². The van der Waals surface area contributed by atoms with Crippen molar-refractivity contribution in [1.29, 1.82) is 0 Å². The van der Waals surface area contributed by atoms with Gasteiger partial charge in [-0.2, -0.15) is 0 Å². The van der Waals surface area contributed by atoms with Crippen LogP contribution in [0.25, 0.3) is 0 Å². The zero-order chi connectivity index (χ0) is 15.5. The summed E-state index contributed by atoms with van der Waals surface area (Å²) in [5, 5.41) is 6.41. The lowest BCUT2D eigenvalue weighted by molar-refractivity contribution is 0.353. The molecule has 0 aliphatic carbocycles. The second-order valence-electron chi connectivity index (χ2n) is 5.75. The van der Waals surface area contributed by atoms with Crippen LogP contribution in [0.5, 0.6) is 0 Å². The van der Waals surface area contributed by atoms with Crippen molar-refractivity contribution in [1.82, 2.24) is 5.32 Å². The third-order valence-corrected chi connectivity index (χ3v) is 5.24. The van der Waals surface area contributed by atoms with E-state index in [0.717, 1.165) is 28.4 Å². The summed E-state index contributed by atoms with van der Waals surface area (Å²) >= 11 is 8.01. The van der Waals surface area contributed by atoms with Crippen LogP contribution < -0.4 is 5.32 Å². The minimum Gasteiger partial charge on any atom is -0.308 e. The molecule has 21 heavy (non-hydrogen) atoms. The van der Waals surface area contributed by atoms with E-state index < -0.39 is 0 Å². The maximum atomic E-state index is 13.2. The highest BCUT2D eigenvalue weighted by Gasteiger charge is 2.34. The van der Waals surface area contributed by atoms with Gasteiger partial charge < -0.3 is 5.32 Å². The van der Waals surface area contributed by atoms with E-state index in [1.165, 1.54) is 12.1 Å². The molecular weight excluding hydrogens is 305 g/mol. The molecule has 0 saturated heterocycles. The van der Waals surface area contributed by atoms with Crippen LogP contribution in [0.4, 0.5) is 4.39 Å². The molecule has 2 rings (SSSR count). The van der Waals surface area contributed by atoms with Crippen molar-refractivity contribution >= 4 is 22.9 Å².